The van der Waals surface area contributed by atoms with Crippen LogP contribution in [-0.2, 0) is 16.1 Å². The number of alkyl halides is 1. The predicted octanol–water partition coefficient (Wildman–Crippen LogP) is 4.81. The molecule has 128 valence electrons. The van der Waals surface area contributed by atoms with Crippen LogP contribution in [0.5, 0.6) is 0 Å². The van der Waals surface area contributed by atoms with E-state index >= 15 is 0 Å². The van der Waals surface area contributed by atoms with Crippen LogP contribution in [0.2, 0.25) is 0 Å². The van der Waals surface area contributed by atoms with Crippen molar-refractivity contribution in [3.63, 3.8) is 0 Å². The van der Waals surface area contributed by atoms with Crippen molar-refractivity contribution in [3.8, 4) is 11.4 Å². The molecule has 1 aromatic carbocycles. The zero-order valence-electron chi connectivity index (χ0n) is 14.1. The average Bonchev–Trinajstić information content (AvgIpc) is 2.59. The zero-order valence-corrected chi connectivity index (χ0v) is 14.9. The molecule has 1 atom stereocenters. The number of carboxylic acids is 1. The van der Waals surface area contributed by atoms with Crippen LogP contribution in [-0.4, -0.2) is 21.0 Å². The first-order valence-corrected chi connectivity index (χ1v) is 8.67. The van der Waals surface area contributed by atoms with Gasteiger partial charge in [-0.2, -0.15) is 0 Å². The molecule has 0 bridgehead atoms. The zero-order chi connectivity index (χ0) is 17.6. The summed E-state index contributed by atoms with van der Waals surface area (Å²) in [5, 5.41) is 9.16. The van der Waals surface area contributed by atoms with Gasteiger partial charge in [-0.25, -0.2) is 14.8 Å². The van der Waals surface area contributed by atoms with Crippen molar-refractivity contribution in [1.29, 1.82) is 0 Å². The molecule has 0 amide bonds. The van der Waals surface area contributed by atoms with Gasteiger partial charge < -0.3 is 5.11 Å². The second-order valence-electron chi connectivity index (χ2n) is 6.11. The van der Waals surface area contributed by atoms with Crippen LogP contribution in [0, 0.1) is 0 Å². The van der Waals surface area contributed by atoms with E-state index in [2.05, 4.69) is 16.9 Å². The Morgan fingerprint density at radius 2 is 1.75 bits per heavy atom. The van der Waals surface area contributed by atoms with E-state index < -0.39 is 10.8 Å². The highest BCUT2D eigenvalue weighted by Gasteiger charge is 2.32. The van der Waals surface area contributed by atoms with Crippen LogP contribution in [0.25, 0.3) is 11.4 Å². The summed E-state index contributed by atoms with van der Waals surface area (Å²) < 4.78 is 0. The lowest BCUT2D eigenvalue weighted by Crippen LogP contribution is -2.25. The Morgan fingerprint density at radius 3 is 2.29 bits per heavy atom. The fourth-order valence-corrected chi connectivity index (χ4v) is 2.57. The lowest BCUT2D eigenvalue weighted by Gasteiger charge is -2.17. The largest absolute Gasteiger partial charge is 0.480 e. The highest BCUT2D eigenvalue weighted by atomic mass is 35.5. The minimum Gasteiger partial charge on any atom is -0.480 e. The van der Waals surface area contributed by atoms with Gasteiger partial charge in [0, 0.05) is 18.0 Å². The number of hydrogen-bond acceptors (Lipinski definition) is 3. The molecule has 1 N–H and O–H groups in total. The number of carbonyl (C=O) groups is 1. The molecule has 24 heavy (non-hydrogen) atoms. The molecule has 0 aliphatic rings. The Bertz CT molecular complexity index is 667. The van der Waals surface area contributed by atoms with Crippen molar-refractivity contribution in [2.24, 2.45) is 0 Å². The Labute approximate surface area is 147 Å². The van der Waals surface area contributed by atoms with Crippen molar-refractivity contribution < 1.29 is 9.90 Å². The van der Waals surface area contributed by atoms with Crippen molar-refractivity contribution in [2.75, 3.05) is 0 Å². The number of nitrogens with zero attached hydrogens (tertiary/aromatic N) is 2. The SMILES string of the molecule is CCCCCCc1cnc(-c2ccc(C(C)(Cl)C(=O)O)cc2)nc1. The van der Waals surface area contributed by atoms with Gasteiger partial charge in [-0.05, 0) is 30.9 Å². The number of aryl methyl sites for hydroxylation is 1. The van der Waals surface area contributed by atoms with Gasteiger partial charge in [-0.1, -0.05) is 50.5 Å². The molecule has 0 radical (unpaired) electrons. The predicted molar refractivity (Wildman–Crippen MR) is 96.2 cm³/mol. The van der Waals surface area contributed by atoms with E-state index in [9.17, 15) is 4.79 Å². The number of rotatable bonds is 8. The maximum absolute atomic E-state index is 11.2. The van der Waals surface area contributed by atoms with Gasteiger partial charge >= 0.3 is 5.97 Å². The molecule has 1 unspecified atom stereocenters. The summed E-state index contributed by atoms with van der Waals surface area (Å²) in [4.78, 5) is 18.6. The van der Waals surface area contributed by atoms with Crippen molar-refractivity contribution in [3.05, 3.63) is 47.8 Å². The molecular formula is C19H23ClN2O2. The van der Waals surface area contributed by atoms with Crippen LogP contribution in [0.3, 0.4) is 0 Å². The molecule has 0 saturated heterocycles. The number of aromatic nitrogens is 2. The topological polar surface area (TPSA) is 63.1 Å². The van der Waals surface area contributed by atoms with Crippen LogP contribution < -0.4 is 0 Å². The normalized spacial score (nSPS) is 13.5. The number of carboxylic acid groups (broad SMARTS) is 1. The number of unbranched alkanes of at least 4 members (excludes halogenated alkanes) is 3. The van der Waals surface area contributed by atoms with E-state index in [-0.39, 0.29) is 0 Å². The first-order chi connectivity index (χ1) is 11.4. The van der Waals surface area contributed by atoms with Crippen molar-refractivity contribution >= 4 is 17.6 Å². The molecule has 2 rings (SSSR count). The fourth-order valence-electron chi connectivity index (χ4n) is 2.44. The fraction of sp³-hybridized carbons (Fsp3) is 0.421. The Hall–Kier alpha value is -1.94. The maximum atomic E-state index is 11.2. The van der Waals surface area contributed by atoms with Crippen LogP contribution in [0.4, 0.5) is 0 Å². The second-order valence-corrected chi connectivity index (χ2v) is 6.87. The molecule has 4 nitrogen and oxygen atoms in total. The number of benzene rings is 1. The van der Waals surface area contributed by atoms with Crippen LogP contribution >= 0.6 is 11.6 Å². The molecule has 1 aromatic heterocycles. The van der Waals surface area contributed by atoms with Crippen molar-refractivity contribution in [2.45, 2.75) is 50.8 Å². The summed E-state index contributed by atoms with van der Waals surface area (Å²) in [6.07, 6.45) is 9.63. The number of aliphatic carboxylic acids is 1. The highest BCUT2D eigenvalue weighted by Crippen LogP contribution is 2.30. The van der Waals surface area contributed by atoms with Gasteiger partial charge in [-0.3, -0.25) is 0 Å². The third-order valence-electron chi connectivity index (χ3n) is 4.11. The molecule has 0 aliphatic heterocycles. The quantitative estimate of drug-likeness (QED) is 0.550. The molecule has 5 heteroatoms. The Balaban J connectivity index is 2.05. The molecule has 2 aromatic rings. The number of hydrogen-bond donors (Lipinski definition) is 1. The van der Waals surface area contributed by atoms with E-state index in [0.29, 0.717) is 11.4 Å². The summed E-state index contributed by atoms with van der Waals surface area (Å²) in [6, 6.07) is 7.02. The lowest BCUT2D eigenvalue weighted by molar-refractivity contribution is -0.139. The van der Waals surface area contributed by atoms with E-state index in [4.69, 9.17) is 16.7 Å². The van der Waals surface area contributed by atoms with Crippen LogP contribution in [0.15, 0.2) is 36.7 Å². The minimum absolute atomic E-state index is 0.535. The van der Waals surface area contributed by atoms with Crippen molar-refractivity contribution in [1.82, 2.24) is 9.97 Å². The molecule has 0 aliphatic carbocycles. The highest BCUT2D eigenvalue weighted by molar-refractivity contribution is 6.33. The minimum atomic E-state index is -1.43. The van der Waals surface area contributed by atoms with E-state index in [1.165, 1.54) is 26.2 Å². The van der Waals surface area contributed by atoms with Gasteiger partial charge in [0.1, 0.15) is 0 Å². The van der Waals surface area contributed by atoms with Gasteiger partial charge in [0.2, 0.25) is 0 Å². The van der Waals surface area contributed by atoms with Crippen LogP contribution in [0.1, 0.15) is 50.7 Å². The van der Waals surface area contributed by atoms with Gasteiger partial charge in [0.15, 0.2) is 10.7 Å². The third-order valence-corrected chi connectivity index (χ3v) is 4.49. The van der Waals surface area contributed by atoms with E-state index in [1.54, 1.807) is 24.3 Å². The molecule has 0 spiro atoms. The number of halogens is 1. The first-order valence-electron chi connectivity index (χ1n) is 8.29. The summed E-state index contributed by atoms with van der Waals surface area (Å²) in [5.41, 5.74) is 2.52. The van der Waals surface area contributed by atoms with Gasteiger partial charge in [0.05, 0.1) is 0 Å². The first kappa shape index (κ1) is 18.4. The third kappa shape index (κ3) is 4.54. The Morgan fingerprint density at radius 1 is 1.12 bits per heavy atom. The Kier molecular flexibility index (Phi) is 6.32. The summed E-state index contributed by atoms with van der Waals surface area (Å²) in [7, 11) is 0. The molecule has 0 saturated carbocycles. The summed E-state index contributed by atoms with van der Waals surface area (Å²) in [6.45, 7) is 3.67. The average molecular weight is 347 g/mol. The van der Waals surface area contributed by atoms with E-state index in [1.807, 2.05) is 12.4 Å². The van der Waals surface area contributed by atoms with Gasteiger partial charge in [-0.15, -0.1) is 11.6 Å². The molecular weight excluding hydrogens is 324 g/mol. The lowest BCUT2D eigenvalue weighted by atomic mass is 9.99. The maximum Gasteiger partial charge on any atom is 0.329 e. The van der Waals surface area contributed by atoms with Gasteiger partial charge in [0.25, 0.3) is 0 Å². The van der Waals surface area contributed by atoms with E-state index in [0.717, 1.165) is 24.0 Å². The standard InChI is InChI=1S/C19H23ClN2O2/c1-3-4-5-6-7-14-12-21-17(22-13-14)15-8-10-16(11-9-15)19(2,20)18(23)24/h8-13H,3-7H2,1-2H3,(H,23,24). The molecule has 0 fully saturated rings. The summed E-state index contributed by atoms with van der Waals surface area (Å²) in [5.74, 6) is -0.439. The summed E-state index contributed by atoms with van der Waals surface area (Å²) >= 11 is 6.06. The second kappa shape index (κ2) is 8.25. The smallest absolute Gasteiger partial charge is 0.329 e. The monoisotopic (exact) mass is 346 g/mol. The molecule has 1 heterocycles.